The van der Waals surface area contributed by atoms with E-state index in [0.29, 0.717) is 11.4 Å². The number of amides is 1. The lowest BCUT2D eigenvalue weighted by Crippen LogP contribution is -2.30. The van der Waals surface area contributed by atoms with Gasteiger partial charge in [-0.25, -0.2) is 13.1 Å². The van der Waals surface area contributed by atoms with Crippen molar-refractivity contribution < 1.29 is 17.9 Å². The number of ether oxygens (including phenoxy) is 1. The molecular weight excluding hydrogens is 462 g/mol. The fourth-order valence-electron chi connectivity index (χ4n) is 2.49. The van der Waals surface area contributed by atoms with Gasteiger partial charge >= 0.3 is 0 Å². The molecule has 2 aromatic carbocycles. The fourth-order valence-corrected chi connectivity index (χ4v) is 3.95. The number of rotatable bonds is 6. The normalized spacial score (nSPS) is 11.1. The minimum absolute atomic E-state index is 0.0249. The standard InChI is InChI=1S/C19H16BrN3O5S/c1-28-16-5-3-2-4-15(16)21-17(24)12-23-19(25)11-10-18(22-23)29(26,27)14-8-6-13(20)7-9-14/h2-11H,12H2,1H3,(H,21,24). The molecule has 8 nitrogen and oxygen atoms in total. The number of halogens is 1. The zero-order chi connectivity index (χ0) is 21.0. The van der Waals surface area contributed by atoms with E-state index in [1.54, 1.807) is 36.4 Å². The molecule has 3 rings (SSSR count). The predicted molar refractivity (Wildman–Crippen MR) is 110 cm³/mol. The number of benzene rings is 2. The van der Waals surface area contributed by atoms with Gasteiger partial charge in [-0.05, 0) is 42.5 Å². The first-order valence-electron chi connectivity index (χ1n) is 8.33. The van der Waals surface area contributed by atoms with Crippen LogP contribution in [0.3, 0.4) is 0 Å². The van der Waals surface area contributed by atoms with E-state index in [4.69, 9.17) is 4.74 Å². The third-order valence-corrected chi connectivity index (χ3v) is 6.11. The summed E-state index contributed by atoms with van der Waals surface area (Å²) in [6, 6.07) is 15.0. The number of hydrogen-bond donors (Lipinski definition) is 1. The quantitative estimate of drug-likeness (QED) is 0.584. The molecule has 0 aliphatic rings. The van der Waals surface area contributed by atoms with E-state index in [1.807, 2.05) is 0 Å². The minimum atomic E-state index is -3.94. The number of methoxy groups -OCH3 is 1. The van der Waals surface area contributed by atoms with Gasteiger partial charge in [0.25, 0.3) is 5.56 Å². The number of carbonyl (C=O) groups is 1. The lowest BCUT2D eigenvalue weighted by atomic mass is 10.3. The summed E-state index contributed by atoms with van der Waals surface area (Å²) in [6.07, 6.45) is 0. The largest absolute Gasteiger partial charge is 0.495 e. The van der Waals surface area contributed by atoms with Crippen LogP contribution in [-0.4, -0.2) is 31.2 Å². The van der Waals surface area contributed by atoms with E-state index in [-0.39, 0.29) is 9.92 Å². The van der Waals surface area contributed by atoms with Gasteiger partial charge in [0, 0.05) is 10.5 Å². The maximum Gasteiger partial charge on any atom is 0.267 e. The maximum absolute atomic E-state index is 12.8. The second-order valence-electron chi connectivity index (χ2n) is 5.87. The van der Waals surface area contributed by atoms with Crippen LogP contribution in [0.15, 0.2) is 79.9 Å². The van der Waals surface area contributed by atoms with E-state index in [9.17, 15) is 18.0 Å². The third kappa shape index (κ3) is 4.72. The SMILES string of the molecule is COc1ccccc1NC(=O)Cn1nc(S(=O)(=O)c2ccc(Br)cc2)ccc1=O. The molecule has 0 unspecified atom stereocenters. The Hall–Kier alpha value is -2.98. The van der Waals surface area contributed by atoms with Gasteiger partial charge in [-0.1, -0.05) is 28.1 Å². The third-order valence-electron chi connectivity index (χ3n) is 3.92. The highest BCUT2D eigenvalue weighted by molar-refractivity contribution is 9.10. The first-order valence-corrected chi connectivity index (χ1v) is 10.6. The van der Waals surface area contributed by atoms with Gasteiger partial charge in [0.1, 0.15) is 12.3 Å². The fraction of sp³-hybridized carbons (Fsp3) is 0.105. The van der Waals surface area contributed by atoms with Crippen molar-refractivity contribution in [1.82, 2.24) is 9.78 Å². The average molecular weight is 478 g/mol. The maximum atomic E-state index is 12.8. The summed E-state index contributed by atoms with van der Waals surface area (Å²) >= 11 is 3.24. The van der Waals surface area contributed by atoms with Gasteiger partial charge in [-0.3, -0.25) is 9.59 Å². The summed E-state index contributed by atoms with van der Waals surface area (Å²) in [7, 11) is -2.48. The lowest BCUT2D eigenvalue weighted by molar-refractivity contribution is -0.117. The van der Waals surface area contributed by atoms with Crippen LogP contribution in [0.1, 0.15) is 0 Å². The Morgan fingerprint density at radius 1 is 1.10 bits per heavy atom. The Kier molecular flexibility index (Phi) is 6.14. The first kappa shape index (κ1) is 20.7. The summed E-state index contributed by atoms with van der Waals surface area (Å²) in [5.74, 6) is -0.102. The molecule has 1 amide bonds. The Morgan fingerprint density at radius 2 is 1.79 bits per heavy atom. The van der Waals surface area contributed by atoms with Crippen LogP contribution in [-0.2, 0) is 21.2 Å². The van der Waals surface area contributed by atoms with E-state index in [1.165, 1.54) is 19.2 Å². The van der Waals surface area contributed by atoms with Crippen molar-refractivity contribution in [3.8, 4) is 5.75 Å². The van der Waals surface area contributed by atoms with Crippen molar-refractivity contribution in [1.29, 1.82) is 0 Å². The molecule has 1 N–H and O–H groups in total. The number of para-hydroxylation sites is 2. The zero-order valence-corrected chi connectivity index (χ0v) is 17.6. The molecule has 10 heteroatoms. The molecule has 0 aliphatic carbocycles. The molecule has 0 spiro atoms. The van der Waals surface area contributed by atoms with Crippen LogP contribution < -0.4 is 15.6 Å². The van der Waals surface area contributed by atoms with Gasteiger partial charge in [0.2, 0.25) is 15.7 Å². The van der Waals surface area contributed by atoms with Gasteiger partial charge in [-0.2, -0.15) is 5.10 Å². The summed E-state index contributed by atoms with van der Waals surface area (Å²) in [4.78, 5) is 24.5. The molecule has 150 valence electrons. The molecule has 0 radical (unpaired) electrons. The molecule has 3 aromatic rings. The second-order valence-corrected chi connectivity index (χ2v) is 8.69. The number of hydrogen-bond acceptors (Lipinski definition) is 6. The topological polar surface area (TPSA) is 107 Å². The molecule has 29 heavy (non-hydrogen) atoms. The number of nitrogens with one attached hydrogen (secondary N) is 1. The molecule has 0 saturated carbocycles. The molecular formula is C19H16BrN3O5S. The van der Waals surface area contributed by atoms with Crippen molar-refractivity contribution in [3.05, 3.63) is 75.5 Å². The second kappa shape index (κ2) is 8.58. The van der Waals surface area contributed by atoms with E-state index in [0.717, 1.165) is 21.3 Å². The molecule has 0 atom stereocenters. The Bertz CT molecular complexity index is 1210. The van der Waals surface area contributed by atoms with Gasteiger partial charge in [0.15, 0.2) is 5.03 Å². The Labute approximate surface area is 175 Å². The van der Waals surface area contributed by atoms with E-state index < -0.39 is 27.8 Å². The zero-order valence-electron chi connectivity index (χ0n) is 15.2. The minimum Gasteiger partial charge on any atom is -0.495 e. The molecule has 0 bridgehead atoms. The Morgan fingerprint density at radius 3 is 2.48 bits per heavy atom. The van der Waals surface area contributed by atoms with Crippen molar-refractivity contribution >= 4 is 37.4 Å². The monoisotopic (exact) mass is 477 g/mol. The van der Waals surface area contributed by atoms with Gasteiger partial charge < -0.3 is 10.1 Å². The highest BCUT2D eigenvalue weighted by Gasteiger charge is 2.21. The number of anilines is 1. The number of carbonyl (C=O) groups excluding carboxylic acids is 1. The summed E-state index contributed by atoms with van der Waals surface area (Å²) in [5.41, 5.74) is -0.179. The van der Waals surface area contributed by atoms with Crippen molar-refractivity contribution in [2.45, 2.75) is 16.5 Å². The first-order chi connectivity index (χ1) is 13.8. The molecule has 0 saturated heterocycles. The summed E-state index contributed by atoms with van der Waals surface area (Å²) in [6.45, 7) is -0.458. The van der Waals surface area contributed by atoms with Gasteiger partial charge in [0.05, 0.1) is 17.7 Å². The number of nitrogens with zero attached hydrogens (tertiary/aromatic N) is 2. The van der Waals surface area contributed by atoms with Crippen LogP contribution in [0.2, 0.25) is 0 Å². The smallest absolute Gasteiger partial charge is 0.267 e. The lowest BCUT2D eigenvalue weighted by Gasteiger charge is -2.11. The highest BCUT2D eigenvalue weighted by atomic mass is 79.9. The molecule has 1 aromatic heterocycles. The predicted octanol–water partition coefficient (Wildman–Crippen LogP) is 2.49. The van der Waals surface area contributed by atoms with Crippen molar-refractivity contribution in [2.24, 2.45) is 0 Å². The van der Waals surface area contributed by atoms with Crippen LogP contribution in [0.5, 0.6) is 5.75 Å². The highest BCUT2D eigenvalue weighted by Crippen LogP contribution is 2.23. The summed E-state index contributed by atoms with van der Waals surface area (Å²) < 4.78 is 32.2. The van der Waals surface area contributed by atoms with E-state index >= 15 is 0 Å². The average Bonchev–Trinajstić information content (AvgIpc) is 2.70. The van der Waals surface area contributed by atoms with Crippen molar-refractivity contribution in [2.75, 3.05) is 12.4 Å². The number of aromatic nitrogens is 2. The molecule has 1 heterocycles. The van der Waals surface area contributed by atoms with Gasteiger partial charge in [-0.15, -0.1) is 0 Å². The number of sulfone groups is 1. The molecule has 0 aliphatic heterocycles. The van der Waals surface area contributed by atoms with E-state index in [2.05, 4.69) is 26.3 Å². The van der Waals surface area contributed by atoms with Crippen LogP contribution >= 0.6 is 15.9 Å². The van der Waals surface area contributed by atoms with Crippen molar-refractivity contribution in [3.63, 3.8) is 0 Å². The Balaban J connectivity index is 1.86. The van der Waals surface area contributed by atoms with Crippen LogP contribution in [0, 0.1) is 0 Å². The summed E-state index contributed by atoms with van der Waals surface area (Å²) in [5, 5.41) is 6.17. The van der Waals surface area contributed by atoms with Crippen LogP contribution in [0.4, 0.5) is 5.69 Å². The molecule has 0 fully saturated rings. The van der Waals surface area contributed by atoms with Crippen LogP contribution in [0.25, 0.3) is 0 Å².